The van der Waals surface area contributed by atoms with Crippen LogP contribution in [0.25, 0.3) is 11.1 Å². The number of carbonyl (C=O) groups is 1. The van der Waals surface area contributed by atoms with Crippen LogP contribution >= 0.6 is 0 Å². The highest BCUT2D eigenvalue weighted by Gasteiger charge is 2.12. The molecule has 0 atom stereocenters. The minimum absolute atomic E-state index is 0.228. The quantitative estimate of drug-likeness (QED) is 0.578. The van der Waals surface area contributed by atoms with E-state index in [0.29, 0.717) is 17.1 Å². The number of fused-ring (bicyclic) bond motifs is 1. The van der Waals surface area contributed by atoms with Crippen molar-refractivity contribution in [3.8, 4) is 22.6 Å². The van der Waals surface area contributed by atoms with Crippen molar-refractivity contribution in [2.24, 2.45) is 5.10 Å². The van der Waals surface area contributed by atoms with Crippen molar-refractivity contribution < 1.29 is 14.3 Å². The molecule has 5 heteroatoms. The second-order valence-corrected chi connectivity index (χ2v) is 5.76. The van der Waals surface area contributed by atoms with E-state index in [1.165, 1.54) is 0 Å². The average molecular weight is 344 g/mol. The Kier molecular flexibility index (Phi) is 4.35. The zero-order valence-corrected chi connectivity index (χ0v) is 13.9. The van der Waals surface area contributed by atoms with Crippen molar-refractivity contribution in [3.63, 3.8) is 0 Å². The number of hydrogen-bond donors (Lipinski definition) is 1. The van der Waals surface area contributed by atoms with Gasteiger partial charge in [0.2, 0.25) is 6.79 Å². The number of amides is 1. The molecule has 0 spiro atoms. The molecule has 5 nitrogen and oxygen atoms in total. The normalized spacial score (nSPS) is 12.3. The fourth-order valence-corrected chi connectivity index (χ4v) is 2.67. The Labute approximate surface area is 150 Å². The Morgan fingerprint density at radius 2 is 1.62 bits per heavy atom. The lowest BCUT2D eigenvalue weighted by molar-refractivity contribution is 0.0955. The molecule has 0 saturated heterocycles. The monoisotopic (exact) mass is 344 g/mol. The van der Waals surface area contributed by atoms with Gasteiger partial charge in [-0.1, -0.05) is 42.5 Å². The Bertz CT molecular complexity index is 951. The van der Waals surface area contributed by atoms with Gasteiger partial charge in [-0.15, -0.1) is 0 Å². The molecule has 4 rings (SSSR count). The summed E-state index contributed by atoms with van der Waals surface area (Å²) in [6, 6.07) is 22.9. The summed E-state index contributed by atoms with van der Waals surface area (Å²) in [5.41, 5.74) is 6.07. The molecule has 0 aliphatic carbocycles. The molecule has 1 aliphatic rings. The van der Waals surface area contributed by atoms with Crippen LogP contribution in [0.3, 0.4) is 0 Å². The predicted molar refractivity (Wildman–Crippen MR) is 99.5 cm³/mol. The van der Waals surface area contributed by atoms with Crippen LogP contribution in [-0.4, -0.2) is 18.9 Å². The lowest BCUT2D eigenvalue weighted by Gasteiger charge is -2.04. The average Bonchev–Trinajstić information content (AvgIpc) is 3.16. The molecule has 1 amide bonds. The SMILES string of the molecule is O=C(N/N=C/c1ccc2c(c1)OCO2)c1ccc(-c2ccccc2)cc1. The Morgan fingerprint density at radius 3 is 2.42 bits per heavy atom. The molecular formula is C21H16N2O3. The van der Waals surface area contributed by atoms with E-state index in [1.807, 2.05) is 60.7 Å². The van der Waals surface area contributed by atoms with E-state index < -0.39 is 0 Å². The highest BCUT2D eigenvalue weighted by molar-refractivity contribution is 5.95. The van der Waals surface area contributed by atoms with Gasteiger partial charge in [0.15, 0.2) is 11.5 Å². The second-order valence-electron chi connectivity index (χ2n) is 5.76. The summed E-state index contributed by atoms with van der Waals surface area (Å²) in [5.74, 6) is 1.13. The lowest BCUT2D eigenvalue weighted by Crippen LogP contribution is -2.17. The number of hydrogen-bond acceptors (Lipinski definition) is 4. The van der Waals surface area contributed by atoms with Gasteiger partial charge < -0.3 is 9.47 Å². The molecule has 1 heterocycles. The van der Waals surface area contributed by atoms with Gasteiger partial charge in [-0.25, -0.2) is 5.43 Å². The van der Waals surface area contributed by atoms with E-state index in [9.17, 15) is 4.79 Å². The minimum Gasteiger partial charge on any atom is -0.454 e. The van der Waals surface area contributed by atoms with E-state index >= 15 is 0 Å². The largest absolute Gasteiger partial charge is 0.454 e. The summed E-state index contributed by atoms with van der Waals surface area (Å²) in [4.78, 5) is 12.2. The lowest BCUT2D eigenvalue weighted by atomic mass is 10.0. The summed E-state index contributed by atoms with van der Waals surface area (Å²) < 4.78 is 10.6. The van der Waals surface area contributed by atoms with Crippen molar-refractivity contribution in [3.05, 3.63) is 83.9 Å². The molecule has 1 aliphatic heterocycles. The van der Waals surface area contributed by atoms with Gasteiger partial charge in [0, 0.05) is 5.56 Å². The van der Waals surface area contributed by atoms with Crippen LogP contribution in [0.15, 0.2) is 77.9 Å². The van der Waals surface area contributed by atoms with E-state index in [-0.39, 0.29) is 12.7 Å². The Hall–Kier alpha value is -3.60. The molecule has 0 fully saturated rings. The zero-order valence-electron chi connectivity index (χ0n) is 13.9. The summed E-state index contributed by atoms with van der Waals surface area (Å²) in [6.45, 7) is 0.228. The van der Waals surface area contributed by atoms with E-state index in [4.69, 9.17) is 9.47 Å². The summed E-state index contributed by atoms with van der Waals surface area (Å²) in [7, 11) is 0. The molecule has 26 heavy (non-hydrogen) atoms. The first-order valence-electron chi connectivity index (χ1n) is 8.18. The van der Waals surface area contributed by atoms with Crippen LogP contribution < -0.4 is 14.9 Å². The first kappa shape index (κ1) is 15.9. The number of benzene rings is 3. The highest BCUT2D eigenvalue weighted by atomic mass is 16.7. The van der Waals surface area contributed by atoms with Gasteiger partial charge in [0.05, 0.1) is 6.21 Å². The maximum absolute atomic E-state index is 12.2. The molecule has 1 N–H and O–H groups in total. The molecule has 3 aromatic carbocycles. The van der Waals surface area contributed by atoms with Gasteiger partial charge in [-0.2, -0.15) is 5.10 Å². The fraction of sp³-hybridized carbons (Fsp3) is 0.0476. The molecule has 0 unspecified atom stereocenters. The molecule has 0 saturated carbocycles. The third-order valence-electron chi connectivity index (χ3n) is 4.03. The number of rotatable bonds is 4. The second kappa shape index (κ2) is 7.11. The zero-order chi connectivity index (χ0) is 17.8. The number of ether oxygens (including phenoxy) is 2. The fourth-order valence-electron chi connectivity index (χ4n) is 2.67. The van der Waals surface area contributed by atoms with Gasteiger partial charge in [0.25, 0.3) is 5.91 Å². The minimum atomic E-state index is -0.262. The van der Waals surface area contributed by atoms with Crippen LogP contribution in [0.5, 0.6) is 11.5 Å². The summed E-state index contributed by atoms with van der Waals surface area (Å²) in [5, 5.41) is 4.00. The summed E-state index contributed by atoms with van der Waals surface area (Å²) in [6.07, 6.45) is 1.57. The summed E-state index contributed by atoms with van der Waals surface area (Å²) >= 11 is 0. The van der Waals surface area contributed by atoms with Crippen LogP contribution in [0.2, 0.25) is 0 Å². The number of nitrogens with zero attached hydrogens (tertiary/aromatic N) is 1. The molecule has 128 valence electrons. The number of hydrazone groups is 1. The van der Waals surface area contributed by atoms with Gasteiger partial charge in [-0.05, 0) is 47.0 Å². The van der Waals surface area contributed by atoms with Crippen molar-refractivity contribution in [1.29, 1.82) is 0 Å². The maximum Gasteiger partial charge on any atom is 0.271 e. The number of carbonyl (C=O) groups excluding carboxylic acids is 1. The van der Waals surface area contributed by atoms with Crippen LogP contribution in [0.1, 0.15) is 15.9 Å². The van der Waals surface area contributed by atoms with Crippen molar-refractivity contribution >= 4 is 12.1 Å². The predicted octanol–water partition coefficient (Wildman–Crippen LogP) is 3.85. The molecule has 3 aromatic rings. The third-order valence-corrected chi connectivity index (χ3v) is 4.03. The van der Waals surface area contributed by atoms with E-state index in [2.05, 4.69) is 10.5 Å². The first-order valence-corrected chi connectivity index (χ1v) is 8.18. The van der Waals surface area contributed by atoms with E-state index in [1.54, 1.807) is 18.3 Å². The standard InChI is InChI=1S/C21H16N2O3/c24-21(18-9-7-17(8-10-18)16-4-2-1-3-5-16)23-22-13-15-6-11-19-20(12-15)26-14-25-19/h1-13H,14H2,(H,23,24)/b22-13+. The Balaban J connectivity index is 1.40. The van der Waals surface area contributed by atoms with Crippen LogP contribution in [-0.2, 0) is 0 Å². The van der Waals surface area contributed by atoms with Crippen molar-refractivity contribution in [2.75, 3.05) is 6.79 Å². The third kappa shape index (κ3) is 3.42. The van der Waals surface area contributed by atoms with Gasteiger partial charge in [-0.3, -0.25) is 4.79 Å². The van der Waals surface area contributed by atoms with Gasteiger partial charge >= 0.3 is 0 Å². The van der Waals surface area contributed by atoms with Crippen LogP contribution in [0.4, 0.5) is 0 Å². The maximum atomic E-state index is 12.2. The van der Waals surface area contributed by atoms with Crippen molar-refractivity contribution in [1.82, 2.24) is 5.43 Å². The van der Waals surface area contributed by atoms with Gasteiger partial charge in [0.1, 0.15) is 0 Å². The van der Waals surface area contributed by atoms with E-state index in [0.717, 1.165) is 16.7 Å². The topological polar surface area (TPSA) is 59.9 Å². The van der Waals surface area contributed by atoms with Crippen molar-refractivity contribution in [2.45, 2.75) is 0 Å². The Morgan fingerprint density at radius 1 is 0.885 bits per heavy atom. The van der Waals surface area contributed by atoms with Crippen LogP contribution in [0, 0.1) is 0 Å². The molecule has 0 bridgehead atoms. The first-order chi connectivity index (χ1) is 12.8. The molecular weight excluding hydrogens is 328 g/mol. The smallest absolute Gasteiger partial charge is 0.271 e. The molecule has 0 aromatic heterocycles. The highest BCUT2D eigenvalue weighted by Crippen LogP contribution is 2.31. The molecule has 0 radical (unpaired) electrons. The number of nitrogens with one attached hydrogen (secondary N) is 1.